The normalized spacial score (nSPS) is 18.4. The number of halogens is 1. The van der Waals surface area contributed by atoms with Crippen LogP contribution in [-0.2, 0) is 11.3 Å². The number of pyridine rings is 2. The predicted molar refractivity (Wildman–Crippen MR) is 81.6 cm³/mol. The highest BCUT2D eigenvalue weighted by atomic mass is 79.9. The van der Waals surface area contributed by atoms with Crippen LogP contribution >= 0.6 is 15.9 Å². The van der Waals surface area contributed by atoms with E-state index < -0.39 is 0 Å². The molecule has 0 spiro atoms. The number of ether oxygens (including phenoxy) is 1. The SMILES string of the molecule is Brc1cncc(N2CCC(OCc3ccncc3)C2)c1. The third-order valence-electron chi connectivity index (χ3n) is 3.44. The van der Waals surface area contributed by atoms with Crippen molar-refractivity contribution in [3.63, 3.8) is 0 Å². The van der Waals surface area contributed by atoms with Crippen molar-refractivity contribution >= 4 is 21.6 Å². The second-order valence-electron chi connectivity index (χ2n) is 4.88. The fraction of sp³-hybridized carbons (Fsp3) is 0.333. The standard InChI is InChI=1S/C15H16BrN3O/c16-13-7-14(9-18-8-13)19-6-3-15(10-19)20-11-12-1-4-17-5-2-12/h1-2,4-5,7-9,15H,3,6,10-11H2. The molecule has 1 atom stereocenters. The molecule has 0 aromatic carbocycles. The van der Waals surface area contributed by atoms with E-state index in [9.17, 15) is 0 Å². The summed E-state index contributed by atoms with van der Waals surface area (Å²) in [6.45, 7) is 2.58. The van der Waals surface area contributed by atoms with Gasteiger partial charge in [0.15, 0.2) is 0 Å². The highest BCUT2D eigenvalue weighted by Gasteiger charge is 2.23. The van der Waals surface area contributed by atoms with E-state index in [2.05, 4.69) is 36.9 Å². The van der Waals surface area contributed by atoms with E-state index in [0.717, 1.165) is 29.7 Å². The van der Waals surface area contributed by atoms with Crippen molar-refractivity contribution in [3.8, 4) is 0 Å². The molecule has 0 aliphatic carbocycles. The summed E-state index contributed by atoms with van der Waals surface area (Å²) in [5, 5.41) is 0. The van der Waals surface area contributed by atoms with Gasteiger partial charge in [-0.25, -0.2) is 0 Å². The Hall–Kier alpha value is -1.46. The van der Waals surface area contributed by atoms with Crippen molar-refractivity contribution in [2.24, 2.45) is 0 Å². The van der Waals surface area contributed by atoms with Crippen molar-refractivity contribution in [1.29, 1.82) is 0 Å². The molecule has 0 bridgehead atoms. The third-order valence-corrected chi connectivity index (χ3v) is 3.87. The van der Waals surface area contributed by atoms with Crippen LogP contribution in [0.25, 0.3) is 0 Å². The molecule has 0 saturated carbocycles. The molecule has 3 rings (SSSR count). The lowest BCUT2D eigenvalue weighted by molar-refractivity contribution is 0.0553. The molecule has 1 aliphatic heterocycles. The van der Waals surface area contributed by atoms with E-state index in [-0.39, 0.29) is 6.10 Å². The van der Waals surface area contributed by atoms with E-state index >= 15 is 0 Å². The average Bonchev–Trinajstić information content (AvgIpc) is 2.95. The Bertz CT molecular complexity index is 564. The average molecular weight is 334 g/mol. The van der Waals surface area contributed by atoms with Gasteiger partial charge in [0.1, 0.15) is 0 Å². The van der Waals surface area contributed by atoms with Gasteiger partial charge < -0.3 is 9.64 Å². The van der Waals surface area contributed by atoms with E-state index in [1.54, 1.807) is 18.6 Å². The van der Waals surface area contributed by atoms with Crippen LogP contribution in [0.2, 0.25) is 0 Å². The Labute approximate surface area is 126 Å². The summed E-state index contributed by atoms with van der Waals surface area (Å²) in [6, 6.07) is 6.08. The zero-order valence-corrected chi connectivity index (χ0v) is 12.7. The first-order valence-electron chi connectivity index (χ1n) is 6.67. The van der Waals surface area contributed by atoms with Gasteiger partial charge in [-0.1, -0.05) is 0 Å². The molecule has 0 radical (unpaired) electrons. The molecule has 5 heteroatoms. The van der Waals surface area contributed by atoms with Crippen LogP contribution in [0, 0.1) is 0 Å². The van der Waals surface area contributed by atoms with E-state index in [4.69, 9.17) is 4.74 Å². The van der Waals surface area contributed by atoms with Crippen LogP contribution in [0.15, 0.2) is 47.5 Å². The molecule has 1 fully saturated rings. The van der Waals surface area contributed by atoms with Crippen LogP contribution in [-0.4, -0.2) is 29.2 Å². The van der Waals surface area contributed by atoms with Crippen LogP contribution in [0.5, 0.6) is 0 Å². The quantitative estimate of drug-likeness (QED) is 0.861. The van der Waals surface area contributed by atoms with Gasteiger partial charge >= 0.3 is 0 Å². The first kappa shape index (κ1) is 13.5. The number of rotatable bonds is 4. The van der Waals surface area contributed by atoms with E-state index in [1.807, 2.05) is 18.3 Å². The van der Waals surface area contributed by atoms with Gasteiger partial charge in [-0.15, -0.1) is 0 Å². The van der Waals surface area contributed by atoms with Gasteiger partial charge in [0.05, 0.1) is 24.6 Å². The topological polar surface area (TPSA) is 38.2 Å². The molecule has 0 N–H and O–H groups in total. The van der Waals surface area contributed by atoms with Gasteiger partial charge in [0.25, 0.3) is 0 Å². The van der Waals surface area contributed by atoms with Crippen LogP contribution in [0.4, 0.5) is 5.69 Å². The number of hydrogen-bond donors (Lipinski definition) is 0. The molecule has 2 aromatic heterocycles. The second-order valence-corrected chi connectivity index (χ2v) is 5.80. The number of hydrogen-bond acceptors (Lipinski definition) is 4. The molecule has 3 heterocycles. The Morgan fingerprint density at radius 3 is 2.90 bits per heavy atom. The van der Waals surface area contributed by atoms with Gasteiger partial charge in [-0.05, 0) is 46.1 Å². The van der Waals surface area contributed by atoms with E-state index in [1.165, 1.54) is 5.56 Å². The van der Waals surface area contributed by atoms with Gasteiger partial charge in [0.2, 0.25) is 0 Å². The third kappa shape index (κ3) is 3.35. The Kier molecular flexibility index (Phi) is 4.28. The van der Waals surface area contributed by atoms with Crippen molar-refractivity contribution in [3.05, 3.63) is 53.0 Å². The number of nitrogens with zero attached hydrogens (tertiary/aromatic N) is 3. The van der Waals surface area contributed by atoms with Crippen molar-refractivity contribution in [2.75, 3.05) is 18.0 Å². The summed E-state index contributed by atoms with van der Waals surface area (Å²) in [5.74, 6) is 0. The largest absolute Gasteiger partial charge is 0.372 e. The van der Waals surface area contributed by atoms with Crippen LogP contribution < -0.4 is 4.90 Å². The molecular weight excluding hydrogens is 318 g/mol. The smallest absolute Gasteiger partial charge is 0.0771 e. The molecule has 2 aromatic rings. The Morgan fingerprint density at radius 2 is 2.10 bits per heavy atom. The summed E-state index contributed by atoms with van der Waals surface area (Å²) in [4.78, 5) is 10.5. The molecule has 20 heavy (non-hydrogen) atoms. The lowest BCUT2D eigenvalue weighted by Gasteiger charge is -2.18. The minimum Gasteiger partial charge on any atom is -0.372 e. The molecule has 1 saturated heterocycles. The minimum absolute atomic E-state index is 0.280. The summed E-state index contributed by atoms with van der Waals surface area (Å²) in [5.41, 5.74) is 2.32. The minimum atomic E-state index is 0.280. The van der Waals surface area contributed by atoms with Crippen molar-refractivity contribution in [1.82, 2.24) is 9.97 Å². The zero-order chi connectivity index (χ0) is 13.8. The second kappa shape index (κ2) is 6.33. The number of anilines is 1. The lowest BCUT2D eigenvalue weighted by Crippen LogP contribution is -2.22. The highest BCUT2D eigenvalue weighted by molar-refractivity contribution is 9.10. The fourth-order valence-corrected chi connectivity index (χ4v) is 2.72. The van der Waals surface area contributed by atoms with E-state index in [0.29, 0.717) is 6.61 Å². The maximum Gasteiger partial charge on any atom is 0.0771 e. The molecular formula is C15H16BrN3O. The van der Waals surface area contributed by atoms with Crippen LogP contribution in [0.1, 0.15) is 12.0 Å². The summed E-state index contributed by atoms with van der Waals surface area (Å²) in [7, 11) is 0. The summed E-state index contributed by atoms with van der Waals surface area (Å²) >= 11 is 3.46. The Morgan fingerprint density at radius 1 is 1.25 bits per heavy atom. The summed E-state index contributed by atoms with van der Waals surface area (Å²) < 4.78 is 6.98. The lowest BCUT2D eigenvalue weighted by atomic mass is 10.3. The molecule has 1 aliphatic rings. The fourth-order valence-electron chi connectivity index (χ4n) is 2.37. The van der Waals surface area contributed by atoms with Gasteiger partial charge in [-0.3, -0.25) is 9.97 Å². The zero-order valence-electron chi connectivity index (χ0n) is 11.1. The number of aromatic nitrogens is 2. The van der Waals surface area contributed by atoms with Crippen LogP contribution in [0.3, 0.4) is 0 Å². The molecule has 1 unspecified atom stereocenters. The monoisotopic (exact) mass is 333 g/mol. The summed E-state index contributed by atoms with van der Waals surface area (Å²) in [6.07, 6.45) is 8.63. The molecule has 4 nitrogen and oxygen atoms in total. The predicted octanol–water partition coefficient (Wildman–Crippen LogP) is 3.03. The van der Waals surface area contributed by atoms with Crippen molar-refractivity contribution in [2.45, 2.75) is 19.1 Å². The Balaban J connectivity index is 1.55. The van der Waals surface area contributed by atoms with Crippen molar-refractivity contribution < 1.29 is 4.74 Å². The van der Waals surface area contributed by atoms with Gasteiger partial charge in [-0.2, -0.15) is 0 Å². The molecule has 0 amide bonds. The molecule has 104 valence electrons. The first-order chi connectivity index (χ1) is 9.81. The van der Waals surface area contributed by atoms with Gasteiger partial charge in [0, 0.05) is 36.2 Å². The highest BCUT2D eigenvalue weighted by Crippen LogP contribution is 2.24. The first-order valence-corrected chi connectivity index (χ1v) is 7.46. The maximum absolute atomic E-state index is 5.97. The maximum atomic E-state index is 5.97.